The van der Waals surface area contributed by atoms with Crippen molar-refractivity contribution in [1.29, 1.82) is 0 Å². The van der Waals surface area contributed by atoms with Crippen LogP contribution in [0.4, 0.5) is 5.69 Å². The second-order valence-corrected chi connectivity index (χ2v) is 7.23. The van der Waals surface area contributed by atoms with Crippen molar-refractivity contribution in [2.75, 3.05) is 11.9 Å². The molecule has 1 aliphatic heterocycles. The summed E-state index contributed by atoms with van der Waals surface area (Å²) in [6.07, 6.45) is 2.82. The molecule has 1 heterocycles. The standard InChI is InChI=1S/C19H21ClN2O3/c1-11-3-4-12(2)16(9-11)21-17(23)7-8-22-18(24)14-6-5-13(20)10-15(14)19(22)25/h3-5,9,14-15H,6-8,10H2,1-2H3,(H,21,23). The lowest BCUT2D eigenvalue weighted by Crippen LogP contribution is -2.34. The van der Waals surface area contributed by atoms with Gasteiger partial charge in [0.1, 0.15) is 0 Å². The number of allylic oxidation sites excluding steroid dienone is 2. The minimum absolute atomic E-state index is 0.0888. The Morgan fingerprint density at radius 1 is 1.24 bits per heavy atom. The topological polar surface area (TPSA) is 66.5 Å². The summed E-state index contributed by atoms with van der Waals surface area (Å²) in [5, 5.41) is 3.49. The van der Waals surface area contributed by atoms with E-state index >= 15 is 0 Å². The number of halogens is 1. The van der Waals surface area contributed by atoms with Crippen LogP contribution in [-0.2, 0) is 14.4 Å². The van der Waals surface area contributed by atoms with Gasteiger partial charge in [-0.3, -0.25) is 19.3 Å². The highest BCUT2D eigenvalue weighted by atomic mass is 35.5. The molecule has 1 fully saturated rings. The summed E-state index contributed by atoms with van der Waals surface area (Å²) >= 11 is 6.00. The highest BCUT2D eigenvalue weighted by Gasteiger charge is 2.48. The van der Waals surface area contributed by atoms with Gasteiger partial charge in [-0.25, -0.2) is 0 Å². The fraction of sp³-hybridized carbons (Fsp3) is 0.421. The van der Waals surface area contributed by atoms with E-state index in [1.165, 1.54) is 4.90 Å². The van der Waals surface area contributed by atoms with Gasteiger partial charge in [-0.05, 0) is 43.9 Å². The van der Waals surface area contributed by atoms with Crippen molar-refractivity contribution in [3.8, 4) is 0 Å². The fourth-order valence-corrected chi connectivity index (χ4v) is 3.67. The molecule has 0 saturated carbocycles. The first-order valence-electron chi connectivity index (χ1n) is 8.43. The van der Waals surface area contributed by atoms with Crippen LogP contribution in [0.15, 0.2) is 29.3 Å². The molecule has 132 valence electrons. The summed E-state index contributed by atoms with van der Waals surface area (Å²) < 4.78 is 0. The number of rotatable bonds is 4. The van der Waals surface area contributed by atoms with E-state index in [9.17, 15) is 14.4 Å². The van der Waals surface area contributed by atoms with Crippen LogP contribution in [0.2, 0.25) is 0 Å². The average Bonchev–Trinajstić information content (AvgIpc) is 2.80. The average molecular weight is 361 g/mol. The van der Waals surface area contributed by atoms with Crippen LogP contribution in [0.5, 0.6) is 0 Å². The largest absolute Gasteiger partial charge is 0.326 e. The Labute approximate surface area is 152 Å². The predicted octanol–water partition coefficient (Wildman–Crippen LogP) is 3.15. The van der Waals surface area contributed by atoms with Gasteiger partial charge in [-0.15, -0.1) is 0 Å². The first kappa shape index (κ1) is 17.7. The van der Waals surface area contributed by atoms with E-state index in [2.05, 4.69) is 5.32 Å². The molecule has 1 N–H and O–H groups in total. The minimum atomic E-state index is -0.368. The van der Waals surface area contributed by atoms with Gasteiger partial charge in [0.05, 0.1) is 11.8 Å². The highest BCUT2D eigenvalue weighted by molar-refractivity contribution is 6.30. The third-order valence-electron chi connectivity index (χ3n) is 4.89. The van der Waals surface area contributed by atoms with E-state index in [1.807, 2.05) is 38.1 Å². The summed E-state index contributed by atoms with van der Waals surface area (Å²) in [6.45, 7) is 3.99. The number of carbonyl (C=O) groups is 3. The zero-order chi connectivity index (χ0) is 18.1. The van der Waals surface area contributed by atoms with Crippen molar-refractivity contribution in [3.05, 3.63) is 40.4 Å². The quantitative estimate of drug-likeness (QED) is 0.839. The molecule has 1 aromatic rings. The number of hydrogen-bond acceptors (Lipinski definition) is 3. The molecule has 1 saturated heterocycles. The van der Waals surface area contributed by atoms with Crippen LogP contribution < -0.4 is 5.32 Å². The molecular formula is C19H21ClN2O3. The van der Waals surface area contributed by atoms with Gasteiger partial charge in [0.2, 0.25) is 17.7 Å². The number of anilines is 1. The molecule has 0 bridgehead atoms. The van der Waals surface area contributed by atoms with Crippen LogP contribution in [0, 0.1) is 25.7 Å². The molecule has 6 heteroatoms. The van der Waals surface area contributed by atoms with Gasteiger partial charge >= 0.3 is 0 Å². The first-order chi connectivity index (χ1) is 11.9. The van der Waals surface area contributed by atoms with Gasteiger partial charge in [-0.1, -0.05) is 29.8 Å². The highest BCUT2D eigenvalue weighted by Crippen LogP contribution is 2.38. The number of aryl methyl sites for hydroxylation is 2. The van der Waals surface area contributed by atoms with Crippen molar-refractivity contribution in [1.82, 2.24) is 4.90 Å². The van der Waals surface area contributed by atoms with Crippen LogP contribution in [-0.4, -0.2) is 29.2 Å². The number of nitrogens with zero attached hydrogens (tertiary/aromatic N) is 1. The fourth-order valence-electron chi connectivity index (χ4n) is 3.41. The number of amides is 3. The second kappa shape index (κ2) is 7.00. The lowest BCUT2D eigenvalue weighted by Gasteiger charge is -2.17. The third kappa shape index (κ3) is 3.61. The Kier molecular flexibility index (Phi) is 4.95. The van der Waals surface area contributed by atoms with Crippen LogP contribution >= 0.6 is 11.6 Å². The maximum absolute atomic E-state index is 12.5. The van der Waals surface area contributed by atoms with Crippen molar-refractivity contribution in [2.45, 2.75) is 33.1 Å². The summed E-state index contributed by atoms with van der Waals surface area (Å²) in [5.74, 6) is -1.29. The Bertz CT molecular complexity index is 772. The molecule has 3 amide bonds. The van der Waals surface area contributed by atoms with Crippen LogP contribution in [0.1, 0.15) is 30.4 Å². The Morgan fingerprint density at radius 3 is 2.72 bits per heavy atom. The molecule has 0 spiro atoms. The minimum Gasteiger partial charge on any atom is -0.326 e. The number of hydrogen-bond donors (Lipinski definition) is 1. The third-order valence-corrected chi connectivity index (χ3v) is 5.20. The van der Waals surface area contributed by atoms with Gasteiger partial charge in [-0.2, -0.15) is 0 Å². The lowest BCUT2D eigenvalue weighted by atomic mass is 9.85. The van der Waals surface area contributed by atoms with Gasteiger partial charge in [0.15, 0.2) is 0 Å². The lowest BCUT2D eigenvalue weighted by molar-refractivity contribution is -0.140. The number of fused-ring (bicyclic) bond motifs is 1. The second-order valence-electron chi connectivity index (χ2n) is 6.75. The van der Waals surface area contributed by atoms with E-state index in [1.54, 1.807) is 0 Å². The van der Waals surface area contributed by atoms with Crippen molar-refractivity contribution >= 4 is 35.0 Å². The van der Waals surface area contributed by atoms with E-state index in [-0.39, 0.29) is 42.5 Å². The molecule has 0 aromatic heterocycles. The van der Waals surface area contributed by atoms with E-state index in [0.29, 0.717) is 17.9 Å². The van der Waals surface area contributed by atoms with Crippen molar-refractivity contribution in [2.24, 2.45) is 11.8 Å². The number of carbonyl (C=O) groups excluding carboxylic acids is 3. The summed E-state index contributed by atoms with van der Waals surface area (Å²) in [7, 11) is 0. The normalized spacial score (nSPS) is 22.7. The van der Waals surface area contributed by atoms with Crippen LogP contribution in [0.25, 0.3) is 0 Å². The van der Waals surface area contributed by atoms with Crippen LogP contribution in [0.3, 0.4) is 0 Å². The molecule has 3 rings (SSSR count). The Balaban J connectivity index is 1.60. The number of likely N-dealkylation sites (tertiary alicyclic amines) is 1. The number of nitrogens with one attached hydrogen (secondary N) is 1. The molecule has 0 radical (unpaired) electrons. The zero-order valence-electron chi connectivity index (χ0n) is 14.3. The summed E-state index contributed by atoms with van der Waals surface area (Å²) in [4.78, 5) is 38.3. The molecule has 5 nitrogen and oxygen atoms in total. The van der Waals surface area contributed by atoms with E-state index < -0.39 is 0 Å². The first-order valence-corrected chi connectivity index (χ1v) is 8.81. The molecule has 1 aliphatic carbocycles. The zero-order valence-corrected chi connectivity index (χ0v) is 15.1. The maximum Gasteiger partial charge on any atom is 0.233 e. The summed E-state index contributed by atoms with van der Waals surface area (Å²) in [5.41, 5.74) is 2.78. The monoisotopic (exact) mass is 360 g/mol. The molecule has 25 heavy (non-hydrogen) atoms. The SMILES string of the molecule is Cc1ccc(C)c(NC(=O)CCN2C(=O)C3CC=C(Cl)CC3C2=O)c1. The van der Waals surface area contributed by atoms with Crippen molar-refractivity contribution in [3.63, 3.8) is 0 Å². The summed E-state index contributed by atoms with van der Waals surface area (Å²) in [6, 6.07) is 5.83. The molecule has 2 unspecified atom stereocenters. The van der Waals surface area contributed by atoms with Gasteiger partial charge in [0, 0.05) is 23.7 Å². The number of benzene rings is 1. The maximum atomic E-state index is 12.5. The molecular weight excluding hydrogens is 340 g/mol. The predicted molar refractivity (Wildman–Crippen MR) is 96.0 cm³/mol. The Morgan fingerprint density at radius 2 is 1.96 bits per heavy atom. The van der Waals surface area contributed by atoms with Crippen molar-refractivity contribution < 1.29 is 14.4 Å². The van der Waals surface area contributed by atoms with Gasteiger partial charge < -0.3 is 5.32 Å². The Hall–Kier alpha value is -2.14. The number of imide groups is 1. The molecule has 2 aliphatic rings. The van der Waals surface area contributed by atoms with Gasteiger partial charge in [0.25, 0.3) is 0 Å². The van der Waals surface area contributed by atoms with E-state index in [0.717, 1.165) is 16.8 Å². The molecule has 2 atom stereocenters. The smallest absolute Gasteiger partial charge is 0.233 e. The van der Waals surface area contributed by atoms with E-state index in [4.69, 9.17) is 11.6 Å². The molecule has 1 aromatic carbocycles.